The van der Waals surface area contributed by atoms with Crippen LogP contribution in [-0.4, -0.2) is 29.3 Å². The molecule has 164 valence electrons. The highest BCUT2D eigenvalue weighted by molar-refractivity contribution is 6.05. The van der Waals surface area contributed by atoms with Gasteiger partial charge in [0.15, 0.2) is 5.78 Å². The zero-order chi connectivity index (χ0) is 22.7. The average Bonchev–Trinajstić information content (AvgIpc) is 2.79. The van der Waals surface area contributed by atoms with Crippen molar-refractivity contribution in [2.24, 2.45) is 5.41 Å². The van der Waals surface area contributed by atoms with Crippen molar-refractivity contribution in [1.29, 1.82) is 0 Å². The van der Waals surface area contributed by atoms with Gasteiger partial charge in [0.2, 0.25) is 0 Å². The highest BCUT2D eigenvalue weighted by Gasteiger charge is 2.44. The first-order valence-corrected chi connectivity index (χ1v) is 10.7. The summed E-state index contributed by atoms with van der Waals surface area (Å²) < 4.78 is 20.5. The normalized spacial score (nSPS) is 19.8. The molecule has 2 aromatic carbocycles. The van der Waals surface area contributed by atoms with E-state index in [9.17, 15) is 4.79 Å². The van der Waals surface area contributed by atoms with Crippen LogP contribution in [0, 0.1) is 11.2 Å². The van der Waals surface area contributed by atoms with Crippen LogP contribution < -0.4 is 4.74 Å². The van der Waals surface area contributed by atoms with Gasteiger partial charge in [-0.25, -0.2) is 4.39 Å². The largest absolute Gasteiger partial charge is 0.497 e. The number of methoxy groups -OCH3 is 1. The predicted octanol–water partition coefficient (Wildman–Crippen LogP) is 5.47. The molecule has 0 saturated carbocycles. The number of piperidine rings is 1. The number of carbonyl (C=O) groups is 1. The van der Waals surface area contributed by atoms with Crippen LogP contribution >= 0.6 is 0 Å². The molecule has 1 unspecified atom stereocenters. The van der Waals surface area contributed by atoms with E-state index in [-0.39, 0.29) is 5.78 Å². The predicted molar refractivity (Wildman–Crippen MR) is 124 cm³/mol. The fourth-order valence-corrected chi connectivity index (χ4v) is 4.33. The molecule has 1 atom stereocenters. The molecule has 0 radical (unpaired) electrons. The number of Topliss-reactive ketones (excluding diaryl/α,β-unsaturated/α-hetero) is 1. The summed E-state index contributed by atoms with van der Waals surface area (Å²) in [6.07, 6.45) is 3.49. The molecule has 0 spiro atoms. The minimum Gasteiger partial charge on any atom is -0.497 e. The van der Waals surface area contributed by atoms with Crippen molar-refractivity contribution >= 4 is 11.9 Å². The molecule has 1 aliphatic heterocycles. The highest BCUT2D eigenvalue weighted by atomic mass is 19.1. The van der Waals surface area contributed by atoms with Crippen LogP contribution in [0.15, 0.2) is 78.5 Å². The zero-order valence-electron chi connectivity index (χ0n) is 18.6. The van der Waals surface area contributed by atoms with Crippen LogP contribution in [0.1, 0.15) is 36.7 Å². The molecule has 0 amide bonds. The van der Waals surface area contributed by atoms with Crippen LogP contribution in [0.4, 0.5) is 4.39 Å². The molecule has 2 heterocycles. The van der Waals surface area contributed by atoms with E-state index in [1.165, 1.54) is 13.2 Å². The minimum absolute atomic E-state index is 0.00711. The second-order valence-corrected chi connectivity index (χ2v) is 8.75. The van der Waals surface area contributed by atoms with E-state index in [2.05, 4.69) is 9.88 Å². The van der Waals surface area contributed by atoms with Gasteiger partial charge in [0.1, 0.15) is 11.6 Å². The summed E-state index contributed by atoms with van der Waals surface area (Å²) in [5, 5.41) is 0. The molecule has 5 heteroatoms. The van der Waals surface area contributed by atoms with Crippen molar-refractivity contribution in [2.75, 3.05) is 13.7 Å². The number of benzene rings is 2. The Bertz CT molecular complexity index is 1130. The Balaban J connectivity index is 1.87. The highest BCUT2D eigenvalue weighted by Crippen LogP contribution is 2.43. The molecule has 4 rings (SSSR count). The number of carbonyl (C=O) groups excluding carboxylic acids is 1. The molecule has 32 heavy (non-hydrogen) atoms. The first-order chi connectivity index (χ1) is 15.4. The van der Waals surface area contributed by atoms with Gasteiger partial charge >= 0.3 is 0 Å². The van der Waals surface area contributed by atoms with Gasteiger partial charge in [-0.2, -0.15) is 0 Å². The number of ketones is 1. The maximum Gasteiger partial charge on any atom is 0.167 e. The summed E-state index contributed by atoms with van der Waals surface area (Å²) in [5.41, 5.74) is 2.16. The van der Waals surface area contributed by atoms with E-state index >= 15 is 4.39 Å². The van der Waals surface area contributed by atoms with Gasteiger partial charge in [-0.1, -0.05) is 56.3 Å². The monoisotopic (exact) mass is 430 g/mol. The fraction of sp³-hybridized carbons (Fsp3) is 0.259. The van der Waals surface area contributed by atoms with E-state index in [4.69, 9.17) is 4.74 Å². The van der Waals surface area contributed by atoms with Gasteiger partial charge < -0.3 is 4.74 Å². The third-order valence-corrected chi connectivity index (χ3v) is 5.86. The van der Waals surface area contributed by atoms with Gasteiger partial charge in [0, 0.05) is 41.9 Å². The molecule has 0 bridgehead atoms. The van der Waals surface area contributed by atoms with Crippen molar-refractivity contribution in [3.8, 4) is 5.75 Å². The summed E-state index contributed by atoms with van der Waals surface area (Å²) in [6, 6.07) is 19.9. The van der Waals surface area contributed by atoms with Gasteiger partial charge in [-0.05, 0) is 29.8 Å². The summed E-state index contributed by atoms with van der Waals surface area (Å²) in [7, 11) is 1.51. The summed E-state index contributed by atoms with van der Waals surface area (Å²) >= 11 is 0. The Hall–Kier alpha value is -3.31. The zero-order valence-corrected chi connectivity index (χ0v) is 18.6. The number of hydrogen-bond acceptors (Lipinski definition) is 4. The molecular weight excluding hydrogens is 403 g/mol. The molecular formula is C27H27FN2O2. The SMILES string of the molecule is COc1ccc(C2/C(=C/c3ccccn3)C(=O)C(C)(C)CN2Cc2ccccc2)c(F)c1. The Labute approximate surface area is 188 Å². The molecule has 1 aromatic heterocycles. The van der Waals surface area contributed by atoms with Gasteiger partial charge in [-0.3, -0.25) is 14.7 Å². The molecule has 3 aromatic rings. The molecule has 1 aliphatic rings. The van der Waals surface area contributed by atoms with Crippen LogP contribution in [-0.2, 0) is 11.3 Å². The number of pyridine rings is 1. The molecule has 0 aliphatic carbocycles. The number of ether oxygens (including phenoxy) is 1. The Kier molecular flexibility index (Phi) is 6.19. The number of hydrogen-bond donors (Lipinski definition) is 0. The smallest absolute Gasteiger partial charge is 0.167 e. The second kappa shape index (κ2) is 9.05. The third kappa shape index (κ3) is 4.48. The standard InChI is InChI=1S/C27H27FN2O2/c1-27(2)18-30(17-19-9-5-4-6-10-19)25(22-13-12-21(32-3)16-24(22)28)23(26(27)31)15-20-11-7-8-14-29-20/h4-16,25H,17-18H2,1-3H3/b23-15-. The van der Waals surface area contributed by atoms with E-state index in [0.717, 1.165) is 5.56 Å². The van der Waals surface area contributed by atoms with Gasteiger partial charge in [0.05, 0.1) is 18.8 Å². The second-order valence-electron chi connectivity index (χ2n) is 8.75. The third-order valence-electron chi connectivity index (χ3n) is 5.86. The van der Waals surface area contributed by atoms with Crippen LogP contribution in [0.2, 0.25) is 0 Å². The van der Waals surface area contributed by atoms with E-state index < -0.39 is 17.3 Å². The van der Waals surface area contributed by atoms with Crippen LogP contribution in [0.5, 0.6) is 5.75 Å². The van der Waals surface area contributed by atoms with Crippen molar-refractivity contribution in [2.45, 2.75) is 26.4 Å². The summed E-state index contributed by atoms with van der Waals surface area (Å²) in [6.45, 7) is 4.99. The average molecular weight is 431 g/mol. The van der Waals surface area contributed by atoms with E-state index in [1.54, 1.807) is 24.4 Å². The first-order valence-electron chi connectivity index (χ1n) is 10.7. The molecule has 1 fully saturated rings. The summed E-state index contributed by atoms with van der Waals surface area (Å²) in [4.78, 5) is 20.2. The van der Waals surface area contributed by atoms with Crippen LogP contribution in [0.25, 0.3) is 6.08 Å². The Morgan fingerprint density at radius 3 is 2.53 bits per heavy atom. The lowest BCUT2D eigenvalue weighted by molar-refractivity contribution is -0.128. The van der Waals surface area contributed by atoms with Gasteiger partial charge in [-0.15, -0.1) is 0 Å². The lowest BCUT2D eigenvalue weighted by Crippen LogP contribution is -2.49. The van der Waals surface area contributed by atoms with E-state index in [1.807, 2.05) is 62.4 Å². The number of aromatic nitrogens is 1. The van der Waals surface area contributed by atoms with Crippen molar-refractivity contribution in [3.05, 3.63) is 101 Å². The number of halogens is 1. The topological polar surface area (TPSA) is 42.4 Å². The summed E-state index contributed by atoms with van der Waals surface area (Å²) in [5.74, 6) is 0.0538. The lowest BCUT2D eigenvalue weighted by Gasteiger charge is -2.44. The van der Waals surface area contributed by atoms with E-state index in [0.29, 0.717) is 35.7 Å². The molecule has 0 N–H and O–H groups in total. The Morgan fingerprint density at radius 2 is 1.88 bits per heavy atom. The maximum atomic E-state index is 15.3. The van der Waals surface area contributed by atoms with Crippen molar-refractivity contribution in [1.82, 2.24) is 9.88 Å². The number of likely N-dealkylation sites (tertiary alicyclic amines) is 1. The quantitative estimate of drug-likeness (QED) is 0.504. The maximum absolute atomic E-state index is 15.3. The van der Waals surface area contributed by atoms with Gasteiger partial charge in [0.25, 0.3) is 0 Å². The number of nitrogens with zero attached hydrogens (tertiary/aromatic N) is 2. The fourth-order valence-electron chi connectivity index (χ4n) is 4.33. The first kappa shape index (κ1) is 21.9. The molecule has 4 nitrogen and oxygen atoms in total. The number of rotatable bonds is 5. The minimum atomic E-state index is -0.616. The van der Waals surface area contributed by atoms with Crippen LogP contribution in [0.3, 0.4) is 0 Å². The Morgan fingerprint density at radius 1 is 1.12 bits per heavy atom. The van der Waals surface area contributed by atoms with Crippen molar-refractivity contribution < 1.29 is 13.9 Å². The lowest BCUT2D eigenvalue weighted by atomic mass is 9.74. The van der Waals surface area contributed by atoms with Crippen molar-refractivity contribution in [3.63, 3.8) is 0 Å². The molecule has 1 saturated heterocycles.